The van der Waals surface area contributed by atoms with Crippen molar-refractivity contribution in [3.8, 4) is 5.75 Å². The molecule has 0 atom stereocenters. The number of benzene rings is 2. The normalized spacial score (nSPS) is 10.8. The Morgan fingerprint density at radius 1 is 1.24 bits per heavy atom. The minimum atomic E-state index is 0.0204. The van der Waals surface area contributed by atoms with Gasteiger partial charge in [0.1, 0.15) is 5.75 Å². The summed E-state index contributed by atoms with van der Waals surface area (Å²) in [5.41, 5.74) is 2.10. The number of fused-ring (bicyclic) bond motifs is 1. The van der Waals surface area contributed by atoms with Crippen molar-refractivity contribution < 1.29 is 9.53 Å². The minimum Gasteiger partial charge on any atom is -0.497 e. The Kier molecular flexibility index (Phi) is 5.94. The molecule has 1 N–H and O–H groups in total. The van der Waals surface area contributed by atoms with Crippen LogP contribution in [-0.4, -0.2) is 23.8 Å². The van der Waals surface area contributed by atoms with Crippen LogP contribution in [0.2, 0.25) is 0 Å². The summed E-state index contributed by atoms with van der Waals surface area (Å²) in [6.45, 7) is 2.03. The lowest BCUT2D eigenvalue weighted by Crippen LogP contribution is -2.11. The number of carbonyl (C=O) groups is 1. The summed E-state index contributed by atoms with van der Waals surface area (Å²) >= 11 is 3.26. The molecule has 130 valence electrons. The predicted molar refractivity (Wildman–Crippen MR) is 106 cm³/mol. The number of amides is 1. The molecule has 25 heavy (non-hydrogen) atoms. The smallest absolute Gasteiger partial charge is 0.226 e. The molecule has 0 radical (unpaired) electrons. The molecule has 0 aliphatic heterocycles. The van der Waals surface area contributed by atoms with Gasteiger partial charge in [-0.05, 0) is 55.0 Å². The second-order valence-corrected chi connectivity index (χ2v) is 7.82. The molecule has 6 heteroatoms. The first kappa shape index (κ1) is 17.8. The maximum Gasteiger partial charge on any atom is 0.226 e. The molecule has 0 aliphatic carbocycles. The number of thiazole rings is 1. The van der Waals surface area contributed by atoms with Crippen LogP contribution < -0.4 is 10.1 Å². The topological polar surface area (TPSA) is 51.2 Å². The van der Waals surface area contributed by atoms with E-state index in [1.807, 2.05) is 49.4 Å². The minimum absolute atomic E-state index is 0.0204. The molecule has 1 heterocycles. The summed E-state index contributed by atoms with van der Waals surface area (Å²) in [7, 11) is 1.66. The van der Waals surface area contributed by atoms with Gasteiger partial charge in [0.2, 0.25) is 5.91 Å². The first-order valence-electron chi connectivity index (χ1n) is 8.08. The van der Waals surface area contributed by atoms with E-state index in [-0.39, 0.29) is 5.91 Å². The molecule has 1 aromatic heterocycles. The van der Waals surface area contributed by atoms with Crippen LogP contribution >= 0.6 is 23.1 Å². The van der Waals surface area contributed by atoms with E-state index in [1.165, 1.54) is 16.2 Å². The predicted octanol–water partition coefficient (Wildman–Crippen LogP) is 5.12. The SMILES string of the molecule is COc1ccc(SCCCC(=O)Nc2nc3c(C)cccc3s2)cc1. The highest BCUT2D eigenvalue weighted by molar-refractivity contribution is 7.99. The van der Waals surface area contributed by atoms with Gasteiger partial charge in [-0.1, -0.05) is 23.5 Å². The number of aromatic nitrogens is 1. The van der Waals surface area contributed by atoms with E-state index in [9.17, 15) is 4.79 Å². The Hall–Kier alpha value is -2.05. The lowest BCUT2D eigenvalue weighted by atomic mass is 10.2. The van der Waals surface area contributed by atoms with Crippen molar-refractivity contribution in [3.63, 3.8) is 0 Å². The lowest BCUT2D eigenvalue weighted by Gasteiger charge is -2.04. The van der Waals surface area contributed by atoms with Gasteiger partial charge in [-0.25, -0.2) is 4.98 Å². The van der Waals surface area contributed by atoms with Crippen LogP contribution in [0.4, 0.5) is 5.13 Å². The lowest BCUT2D eigenvalue weighted by molar-refractivity contribution is -0.116. The Labute approximate surface area is 155 Å². The van der Waals surface area contributed by atoms with E-state index < -0.39 is 0 Å². The molecule has 0 fully saturated rings. The van der Waals surface area contributed by atoms with Crippen molar-refractivity contribution in [3.05, 3.63) is 48.0 Å². The first-order chi connectivity index (χ1) is 12.2. The number of thioether (sulfide) groups is 1. The zero-order valence-electron chi connectivity index (χ0n) is 14.2. The summed E-state index contributed by atoms with van der Waals surface area (Å²) in [6.07, 6.45) is 1.32. The molecule has 0 bridgehead atoms. The molecular formula is C19H20N2O2S2. The Bertz CT molecular complexity index is 859. The number of hydrogen-bond acceptors (Lipinski definition) is 5. The van der Waals surface area contributed by atoms with Crippen LogP contribution in [0.1, 0.15) is 18.4 Å². The first-order valence-corrected chi connectivity index (χ1v) is 9.89. The highest BCUT2D eigenvalue weighted by Gasteiger charge is 2.09. The van der Waals surface area contributed by atoms with E-state index in [2.05, 4.69) is 10.3 Å². The van der Waals surface area contributed by atoms with Crippen LogP contribution in [0.25, 0.3) is 10.2 Å². The van der Waals surface area contributed by atoms with Gasteiger partial charge < -0.3 is 10.1 Å². The van der Waals surface area contributed by atoms with Crippen molar-refractivity contribution in [1.82, 2.24) is 4.98 Å². The number of methoxy groups -OCH3 is 1. The number of hydrogen-bond donors (Lipinski definition) is 1. The summed E-state index contributed by atoms with van der Waals surface area (Å²) in [5, 5.41) is 3.59. The Morgan fingerprint density at radius 3 is 2.76 bits per heavy atom. The van der Waals surface area contributed by atoms with Gasteiger partial charge in [0.25, 0.3) is 0 Å². The van der Waals surface area contributed by atoms with Gasteiger partial charge in [-0.15, -0.1) is 11.8 Å². The number of anilines is 1. The fourth-order valence-corrected chi connectivity index (χ4v) is 4.23. The van der Waals surface area contributed by atoms with Crippen LogP contribution in [0.5, 0.6) is 5.75 Å². The summed E-state index contributed by atoms with van der Waals surface area (Å²) in [4.78, 5) is 17.8. The molecule has 0 saturated heterocycles. The molecule has 0 spiro atoms. The van der Waals surface area contributed by atoms with Gasteiger partial charge in [0.05, 0.1) is 17.3 Å². The standard InChI is InChI=1S/C19H20N2O2S2/c1-13-5-3-6-16-18(13)21-19(25-16)20-17(22)7-4-12-24-15-10-8-14(23-2)9-11-15/h3,5-6,8-11H,4,7,12H2,1-2H3,(H,20,21,22). The van der Waals surface area contributed by atoms with Gasteiger partial charge in [0.15, 0.2) is 5.13 Å². The monoisotopic (exact) mass is 372 g/mol. The van der Waals surface area contributed by atoms with Crippen LogP contribution in [0.15, 0.2) is 47.4 Å². The van der Waals surface area contributed by atoms with Gasteiger partial charge in [-0.2, -0.15) is 0 Å². The maximum absolute atomic E-state index is 12.1. The fraction of sp³-hybridized carbons (Fsp3) is 0.263. The number of nitrogens with one attached hydrogen (secondary N) is 1. The van der Waals surface area contributed by atoms with Crippen molar-refractivity contribution in [2.24, 2.45) is 0 Å². The maximum atomic E-state index is 12.1. The van der Waals surface area contributed by atoms with E-state index in [0.29, 0.717) is 11.6 Å². The molecule has 0 saturated carbocycles. The third-order valence-corrected chi connectivity index (χ3v) is 5.78. The zero-order valence-corrected chi connectivity index (χ0v) is 15.9. The summed E-state index contributed by atoms with van der Waals surface area (Å²) in [5.74, 6) is 1.78. The van der Waals surface area contributed by atoms with Crippen molar-refractivity contribution in [1.29, 1.82) is 0 Å². The average molecular weight is 373 g/mol. The van der Waals surface area contributed by atoms with Crippen molar-refractivity contribution >= 4 is 44.4 Å². The van der Waals surface area contributed by atoms with E-state index in [0.717, 1.165) is 33.7 Å². The van der Waals surface area contributed by atoms with Crippen molar-refractivity contribution in [2.45, 2.75) is 24.7 Å². The van der Waals surface area contributed by atoms with Gasteiger partial charge in [0, 0.05) is 11.3 Å². The molecular weight excluding hydrogens is 352 g/mol. The molecule has 4 nitrogen and oxygen atoms in total. The van der Waals surface area contributed by atoms with Crippen LogP contribution in [0, 0.1) is 6.92 Å². The highest BCUT2D eigenvalue weighted by atomic mass is 32.2. The number of rotatable bonds is 7. The number of nitrogens with zero attached hydrogens (tertiary/aromatic N) is 1. The highest BCUT2D eigenvalue weighted by Crippen LogP contribution is 2.28. The number of carbonyl (C=O) groups excluding carboxylic acids is 1. The Morgan fingerprint density at radius 2 is 2.04 bits per heavy atom. The number of para-hydroxylation sites is 1. The van der Waals surface area contributed by atoms with Gasteiger partial charge in [-0.3, -0.25) is 4.79 Å². The van der Waals surface area contributed by atoms with Gasteiger partial charge >= 0.3 is 0 Å². The second kappa shape index (κ2) is 8.36. The summed E-state index contributed by atoms with van der Waals surface area (Å²) < 4.78 is 6.25. The second-order valence-electron chi connectivity index (χ2n) is 5.62. The molecule has 0 unspecified atom stereocenters. The third kappa shape index (κ3) is 4.74. The van der Waals surface area contributed by atoms with E-state index in [1.54, 1.807) is 18.9 Å². The molecule has 3 rings (SSSR count). The molecule has 0 aliphatic rings. The molecule has 2 aromatic carbocycles. The molecule has 1 amide bonds. The van der Waals surface area contributed by atoms with E-state index in [4.69, 9.17) is 4.74 Å². The Balaban J connectivity index is 1.45. The summed E-state index contributed by atoms with van der Waals surface area (Å²) in [6, 6.07) is 14.0. The fourth-order valence-electron chi connectivity index (χ4n) is 2.42. The number of ether oxygens (including phenoxy) is 1. The average Bonchev–Trinajstić information content (AvgIpc) is 3.03. The quantitative estimate of drug-likeness (QED) is 0.462. The van der Waals surface area contributed by atoms with E-state index >= 15 is 0 Å². The van der Waals surface area contributed by atoms with Crippen LogP contribution in [-0.2, 0) is 4.79 Å². The zero-order chi connectivity index (χ0) is 17.6. The largest absolute Gasteiger partial charge is 0.497 e. The van der Waals surface area contributed by atoms with Crippen LogP contribution in [0.3, 0.4) is 0 Å². The van der Waals surface area contributed by atoms with Crippen molar-refractivity contribution in [2.75, 3.05) is 18.2 Å². The molecule has 3 aromatic rings. The third-order valence-electron chi connectivity index (χ3n) is 3.74. The number of aryl methyl sites for hydroxylation is 1.